The minimum atomic E-state index is -0.459. The Morgan fingerprint density at radius 1 is 1.04 bits per heavy atom. The van der Waals surface area contributed by atoms with E-state index in [4.69, 9.17) is 4.84 Å². The Bertz CT molecular complexity index is 755. The van der Waals surface area contributed by atoms with Gasteiger partial charge in [-0.25, -0.2) is 4.79 Å². The summed E-state index contributed by atoms with van der Waals surface area (Å²) in [5.41, 5.74) is 2.22. The van der Waals surface area contributed by atoms with Crippen LogP contribution in [0.4, 0.5) is 0 Å². The van der Waals surface area contributed by atoms with Gasteiger partial charge in [0.25, 0.3) is 0 Å². The molecule has 2 aromatic rings. The van der Waals surface area contributed by atoms with Crippen LogP contribution in [0, 0.1) is 5.41 Å². The van der Waals surface area contributed by atoms with Gasteiger partial charge in [0.15, 0.2) is 0 Å². The first-order valence-corrected chi connectivity index (χ1v) is 8.58. The number of piperidine rings is 1. The van der Waals surface area contributed by atoms with E-state index in [1.807, 2.05) is 20.8 Å². The second-order valence-corrected chi connectivity index (χ2v) is 7.43. The van der Waals surface area contributed by atoms with Crippen LogP contribution in [0.15, 0.2) is 48.0 Å². The van der Waals surface area contributed by atoms with Crippen molar-refractivity contribution in [1.82, 2.24) is 5.06 Å². The van der Waals surface area contributed by atoms with E-state index in [1.54, 1.807) is 5.06 Å². The number of hydrogen-bond donors (Lipinski definition) is 0. The fraction of sp³-hybridized carbons (Fsp3) is 0.381. The van der Waals surface area contributed by atoms with Gasteiger partial charge in [0.05, 0.1) is 5.41 Å². The van der Waals surface area contributed by atoms with Crippen LogP contribution < -0.4 is 0 Å². The molecule has 24 heavy (non-hydrogen) atoms. The van der Waals surface area contributed by atoms with E-state index in [-0.39, 0.29) is 5.97 Å². The third-order valence-electron chi connectivity index (χ3n) is 4.37. The molecule has 0 aliphatic carbocycles. The molecule has 0 bridgehead atoms. The molecule has 2 aromatic carbocycles. The molecule has 0 N–H and O–H groups in total. The smallest absolute Gasteiger partial charge is 0.330 e. The maximum atomic E-state index is 12.0. The van der Waals surface area contributed by atoms with Gasteiger partial charge in [-0.2, -0.15) is 0 Å². The Morgan fingerprint density at radius 2 is 1.71 bits per heavy atom. The monoisotopic (exact) mass is 323 g/mol. The number of hydrogen-bond acceptors (Lipinski definition) is 3. The molecule has 0 radical (unpaired) electrons. The van der Waals surface area contributed by atoms with E-state index >= 15 is 0 Å². The van der Waals surface area contributed by atoms with Crippen molar-refractivity contribution in [2.45, 2.75) is 33.6 Å². The molecule has 0 aromatic heterocycles. The molecule has 3 heteroatoms. The van der Waals surface area contributed by atoms with Gasteiger partial charge in [-0.05, 0) is 49.9 Å². The second-order valence-electron chi connectivity index (χ2n) is 7.43. The summed E-state index contributed by atoms with van der Waals surface area (Å²) in [6.45, 7) is 7.16. The summed E-state index contributed by atoms with van der Waals surface area (Å²) in [5, 5.41) is 4.35. The summed E-state index contributed by atoms with van der Waals surface area (Å²) in [6.07, 6.45) is 4.16. The third-order valence-corrected chi connectivity index (χ3v) is 4.37. The summed E-state index contributed by atoms with van der Waals surface area (Å²) < 4.78 is 0. The average molecular weight is 323 g/mol. The first-order valence-electron chi connectivity index (χ1n) is 8.58. The zero-order chi connectivity index (χ0) is 17.2. The Balaban J connectivity index is 1.68. The molecule has 0 atom stereocenters. The predicted octanol–water partition coefficient (Wildman–Crippen LogP) is 4.82. The number of nitrogens with zero attached hydrogens (tertiary/aromatic N) is 1. The molecule has 3 nitrogen and oxygen atoms in total. The van der Waals surface area contributed by atoms with Crippen molar-refractivity contribution in [2.75, 3.05) is 13.1 Å². The molecule has 1 aliphatic heterocycles. The highest BCUT2D eigenvalue weighted by molar-refractivity contribution is 5.90. The standard InChI is InChI=1S/C21H25NO2/c1-21(2,3)20(23)24-22-13-11-16(12-14-22)15-18-9-6-8-17-7-4-5-10-19(17)18/h4-10,15H,11-14H2,1-3H3. The molecule has 0 spiro atoms. The van der Waals surface area contributed by atoms with E-state index in [2.05, 4.69) is 48.5 Å². The lowest BCUT2D eigenvalue weighted by atomic mass is 9.97. The SMILES string of the molecule is CC(C)(C)C(=O)ON1CCC(=Cc2cccc3ccccc23)CC1. The first-order chi connectivity index (χ1) is 11.4. The molecule has 0 saturated carbocycles. The van der Waals surface area contributed by atoms with E-state index in [0.717, 1.165) is 25.9 Å². The fourth-order valence-corrected chi connectivity index (χ4v) is 2.86. The van der Waals surface area contributed by atoms with Crippen LogP contribution in [-0.2, 0) is 9.63 Å². The van der Waals surface area contributed by atoms with Crippen LogP contribution in [0.5, 0.6) is 0 Å². The van der Waals surface area contributed by atoms with Gasteiger partial charge in [-0.1, -0.05) is 54.1 Å². The van der Waals surface area contributed by atoms with Crippen LogP contribution in [-0.4, -0.2) is 24.1 Å². The van der Waals surface area contributed by atoms with Crippen molar-refractivity contribution >= 4 is 22.8 Å². The Labute approximate surface area is 143 Å². The average Bonchev–Trinajstić information content (AvgIpc) is 2.56. The zero-order valence-corrected chi connectivity index (χ0v) is 14.7. The molecule has 1 saturated heterocycles. The predicted molar refractivity (Wildman–Crippen MR) is 98.3 cm³/mol. The van der Waals surface area contributed by atoms with Crippen molar-refractivity contribution in [3.63, 3.8) is 0 Å². The van der Waals surface area contributed by atoms with E-state index in [9.17, 15) is 4.79 Å². The molecular formula is C21H25NO2. The van der Waals surface area contributed by atoms with E-state index < -0.39 is 5.41 Å². The molecule has 1 heterocycles. The second kappa shape index (κ2) is 6.78. The normalized spacial score (nSPS) is 16.2. The topological polar surface area (TPSA) is 29.5 Å². The number of carbonyl (C=O) groups excluding carboxylic acids is 1. The van der Waals surface area contributed by atoms with Gasteiger partial charge >= 0.3 is 5.97 Å². The van der Waals surface area contributed by atoms with Gasteiger partial charge in [0.2, 0.25) is 0 Å². The van der Waals surface area contributed by atoms with Crippen LogP contribution >= 0.6 is 0 Å². The molecule has 1 fully saturated rings. The summed E-state index contributed by atoms with van der Waals surface area (Å²) in [5.74, 6) is -0.163. The highest BCUT2D eigenvalue weighted by Crippen LogP contribution is 2.25. The van der Waals surface area contributed by atoms with Crippen molar-refractivity contribution < 1.29 is 9.63 Å². The molecule has 0 amide bonds. The van der Waals surface area contributed by atoms with Crippen molar-refractivity contribution in [3.05, 3.63) is 53.6 Å². The summed E-state index contributed by atoms with van der Waals surface area (Å²) >= 11 is 0. The molecule has 126 valence electrons. The highest BCUT2D eigenvalue weighted by Gasteiger charge is 2.27. The van der Waals surface area contributed by atoms with Gasteiger partial charge in [-0.15, -0.1) is 5.06 Å². The lowest BCUT2D eigenvalue weighted by Crippen LogP contribution is -2.37. The number of rotatable bonds is 2. The van der Waals surface area contributed by atoms with Crippen LogP contribution in [0.2, 0.25) is 0 Å². The van der Waals surface area contributed by atoms with Crippen LogP contribution in [0.3, 0.4) is 0 Å². The maximum Gasteiger partial charge on any atom is 0.330 e. The van der Waals surface area contributed by atoms with Gasteiger partial charge in [0.1, 0.15) is 0 Å². The molecule has 1 aliphatic rings. The number of hydroxylamine groups is 2. The first kappa shape index (κ1) is 16.7. The lowest BCUT2D eigenvalue weighted by molar-refractivity contribution is -0.202. The summed E-state index contributed by atoms with van der Waals surface area (Å²) in [4.78, 5) is 17.5. The van der Waals surface area contributed by atoms with Crippen molar-refractivity contribution in [1.29, 1.82) is 0 Å². The van der Waals surface area contributed by atoms with Gasteiger partial charge < -0.3 is 4.84 Å². The minimum Gasteiger partial charge on any atom is -0.367 e. The third kappa shape index (κ3) is 3.85. The Morgan fingerprint density at radius 3 is 2.42 bits per heavy atom. The lowest BCUT2D eigenvalue weighted by Gasteiger charge is -2.29. The Hall–Kier alpha value is -2.13. The summed E-state index contributed by atoms with van der Waals surface area (Å²) in [7, 11) is 0. The summed E-state index contributed by atoms with van der Waals surface area (Å²) in [6, 6.07) is 14.9. The largest absolute Gasteiger partial charge is 0.367 e. The van der Waals surface area contributed by atoms with Crippen LogP contribution in [0.1, 0.15) is 39.2 Å². The van der Waals surface area contributed by atoms with E-state index in [1.165, 1.54) is 21.9 Å². The van der Waals surface area contributed by atoms with E-state index in [0.29, 0.717) is 0 Å². The van der Waals surface area contributed by atoms with Crippen molar-refractivity contribution in [2.24, 2.45) is 5.41 Å². The molecule has 0 unspecified atom stereocenters. The van der Waals surface area contributed by atoms with Crippen molar-refractivity contribution in [3.8, 4) is 0 Å². The number of benzene rings is 2. The number of fused-ring (bicyclic) bond motifs is 1. The van der Waals surface area contributed by atoms with Gasteiger partial charge in [-0.3, -0.25) is 0 Å². The zero-order valence-electron chi connectivity index (χ0n) is 14.7. The number of carbonyl (C=O) groups is 1. The molecular weight excluding hydrogens is 298 g/mol. The maximum absolute atomic E-state index is 12.0. The fourth-order valence-electron chi connectivity index (χ4n) is 2.86. The highest BCUT2D eigenvalue weighted by atomic mass is 16.7. The quantitative estimate of drug-likeness (QED) is 0.793. The Kier molecular flexibility index (Phi) is 4.72. The minimum absolute atomic E-state index is 0.163. The van der Waals surface area contributed by atoms with Gasteiger partial charge in [0, 0.05) is 13.1 Å². The molecule has 3 rings (SSSR count). The van der Waals surface area contributed by atoms with Crippen LogP contribution in [0.25, 0.3) is 16.8 Å².